The third kappa shape index (κ3) is 5.90. The van der Waals surface area contributed by atoms with E-state index in [9.17, 15) is 18.0 Å². The molecule has 0 fully saturated rings. The van der Waals surface area contributed by atoms with Gasteiger partial charge in [0.05, 0.1) is 18.4 Å². The predicted octanol–water partition coefficient (Wildman–Crippen LogP) is 1.69. The molecule has 0 radical (unpaired) electrons. The molecular weight excluding hydrogens is 320 g/mol. The Kier molecular flexibility index (Phi) is 6.14. The average molecular weight is 342 g/mol. The third-order valence-electron chi connectivity index (χ3n) is 3.23. The van der Waals surface area contributed by atoms with Gasteiger partial charge >= 0.3 is 5.97 Å². The summed E-state index contributed by atoms with van der Waals surface area (Å²) in [7, 11) is -3.45. The number of aliphatic carboxylic acids is 1. The molecule has 0 unspecified atom stereocenters. The Labute approximate surface area is 136 Å². The lowest BCUT2D eigenvalue weighted by Crippen LogP contribution is -2.38. The highest BCUT2D eigenvalue weighted by atomic mass is 32.2. The van der Waals surface area contributed by atoms with E-state index in [-0.39, 0.29) is 24.9 Å². The molecule has 1 amide bonds. The summed E-state index contributed by atoms with van der Waals surface area (Å²) >= 11 is 0. The van der Waals surface area contributed by atoms with Gasteiger partial charge in [-0.3, -0.25) is 14.3 Å². The van der Waals surface area contributed by atoms with Crippen molar-refractivity contribution >= 4 is 27.6 Å². The van der Waals surface area contributed by atoms with Gasteiger partial charge in [0.2, 0.25) is 10.0 Å². The molecule has 0 heterocycles. The monoisotopic (exact) mass is 342 g/mol. The number of carbonyl (C=O) groups is 2. The fraction of sp³-hybridized carbons (Fsp3) is 0.467. The Bertz CT molecular complexity index is 698. The number of anilines is 1. The second kappa shape index (κ2) is 7.45. The van der Waals surface area contributed by atoms with Gasteiger partial charge in [-0.05, 0) is 38.5 Å². The zero-order chi connectivity index (χ0) is 17.8. The predicted molar refractivity (Wildman–Crippen MR) is 88.1 cm³/mol. The summed E-state index contributed by atoms with van der Waals surface area (Å²) in [6.45, 7) is 5.41. The summed E-state index contributed by atoms with van der Waals surface area (Å²) in [5.41, 5.74) is 1.33. The van der Waals surface area contributed by atoms with Gasteiger partial charge < -0.3 is 10.0 Å². The molecule has 0 saturated heterocycles. The zero-order valence-corrected chi connectivity index (χ0v) is 14.5. The van der Waals surface area contributed by atoms with Crippen molar-refractivity contribution in [2.24, 2.45) is 0 Å². The van der Waals surface area contributed by atoms with Crippen LogP contribution in [0.15, 0.2) is 18.2 Å². The molecule has 0 spiro atoms. The molecule has 0 bridgehead atoms. The Hall–Kier alpha value is -2.09. The number of hydrogen-bond donors (Lipinski definition) is 2. The van der Waals surface area contributed by atoms with Crippen LogP contribution in [0.2, 0.25) is 0 Å². The molecule has 0 aliphatic heterocycles. The van der Waals surface area contributed by atoms with Crippen molar-refractivity contribution in [2.45, 2.75) is 33.2 Å². The molecule has 0 atom stereocenters. The van der Waals surface area contributed by atoms with Gasteiger partial charge in [0.15, 0.2) is 0 Å². The zero-order valence-electron chi connectivity index (χ0n) is 13.7. The highest BCUT2D eigenvalue weighted by Gasteiger charge is 2.20. The van der Waals surface area contributed by atoms with Crippen LogP contribution in [0.3, 0.4) is 0 Å². The van der Waals surface area contributed by atoms with E-state index in [1.54, 1.807) is 32.9 Å². The van der Waals surface area contributed by atoms with Crippen molar-refractivity contribution in [1.29, 1.82) is 0 Å². The lowest BCUT2D eigenvalue weighted by molar-refractivity contribution is -0.137. The number of nitrogens with zero attached hydrogens (tertiary/aromatic N) is 1. The topological polar surface area (TPSA) is 104 Å². The van der Waals surface area contributed by atoms with Crippen molar-refractivity contribution in [3.63, 3.8) is 0 Å². The fourth-order valence-corrected chi connectivity index (χ4v) is 2.66. The lowest BCUT2D eigenvalue weighted by Gasteiger charge is -2.26. The number of benzene rings is 1. The van der Waals surface area contributed by atoms with Crippen LogP contribution in [0, 0.1) is 6.92 Å². The van der Waals surface area contributed by atoms with Crippen LogP contribution < -0.4 is 4.72 Å². The lowest BCUT2D eigenvalue weighted by atomic mass is 10.1. The van der Waals surface area contributed by atoms with Crippen molar-refractivity contribution in [3.05, 3.63) is 29.3 Å². The normalized spacial score (nSPS) is 11.3. The van der Waals surface area contributed by atoms with Crippen molar-refractivity contribution in [2.75, 3.05) is 17.5 Å². The number of amides is 1. The standard InChI is InChI=1S/C15H22N2O5S/c1-10(2)17(8-7-14(18)19)15(20)12-6-5-11(3)13(9-12)16-23(4,21)22/h5-6,9-10,16H,7-8H2,1-4H3,(H,18,19). The van der Waals surface area contributed by atoms with Crippen molar-refractivity contribution < 1.29 is 23.1 Å². The second-order valence-corrected chi connectivity index (χ2v) is 7.39. The van der Waals surface area contributed by atoms with Gasteiger partial charge in [-0.2, -0.15) is 0 Å². The van der Waals surface area contributed by atoms with E-state index in [2.05, 4.69) is 4.72 Å². The summed E-state index contributed by atoms with van der Waals surface area (Å²) in [5.74, 6) is -1.32. The SMILES string of the molecule is Cc1ccc(C(=O)N(CCC(=O)O)C(C)C)cc1NS(C)(=O)=O. The second-order valence-electron chi connectivity index (χ2n) is 5.64. The largest absolute Gasteiger partial charge is 0.481 e. The number of hydrogen-bond acceptors (Lipinski definition) is 4. The van der Waals surface area contributed by atoms with Gasteiger partial charge in [0, 0.05) is 18.2 Å². The maximum absolute atomic E-state index is 12.6. The number of sulfonamides is 1. The Morgan fingerprint density at radius 2 is 1.91 bits per heavy atom. The first kappa shape index (κ1) is 19.0. The Balaban J connectivity index is 3.10. The summed E-state index contributed by atoms with van der Waals surface area (Å²) in [6, 6.07) is 4.54. The first-order valence-corrected chi connectivity index (χ1v) is 9.01. The van der Waals surface area contributed by atoms with Gasteiger partial charge in [-0.1, -0.05) is 6.07 Å². The molecule has 1 aromatic rings. The van der Waals surface area contributed by atoms with Gasteiger partial charge in [0.25, 0.3) is 5.91 Å². The molecule has 1 aromatic carbocycles. The molecule has 8 heteroatoms. The van der Waals surface area contributed by atoms with Crippen molar-refractivity contribution in [1.82, 2.24) is 4.90 Å². The molecule has 1 rings (SSSR count). The smallest absolute Gasteiger partial charge is 0.305 e. The van der Waals surface area contributed by atoms with E-state index in [4.69, 9.17) is 5.11 Å². The number of rotatable bonds is 7. The van der Waals surface area contributed by atoms with Crippen LogP contribution in [-0.4, -0.2) is 49.1 Å². The maximum Gasteiger partial charge on any atom is 0.305 e. The Morgan fingerprint density at radius 3 is 2.39 bits per heavy atom. The minimum Gasteiger partial charge on any atom is -0.481 e. The third-order valence-corrected chi connectivity index (χ3v) is 3.82. The van der Waals surface area contributed by atoms with Gasteiger partial charge in [0.1, 0.15) is 0 Å². The highest BCUT2D eigenvalue weighted by Crippen LogP contribution is 2.20. The van der Waals surface area contributed by atoms with Crippen LogP contribution in [0.4, 0.5) is 5.69 Å². The number of aryl methyl sites for hydroxylation is 1. The molecule has 7 nitrogen and oxygen atoms in total. The van der Waals surface area contributed by atoms with E-state index in [1.165, 1.54) is 11.0 Å². The molecule has 0 aliphatic carbocycles. The number of carboxylic acid groups (broad SMARTS) is 1. The first-order valence-electron chi connectivity index (χ1n) is 7.12. The summed E-state index contributed by atoms with van der Waals surface area (Å²) in [4.78, 5) is 24.8. The van der Waals surface area contributed by atoms with Gasteiger partial charge in [-0.25, -0.2) is 8.42 Å². The molecule has 23 heavy (non-hydrogen) atoms. The van der Waals surface area contributed by atoms with E-state index in [1.807, 2.05) is 0 Å². The van der Waals surface area contributed by atoms with Crippen LogP contribution in [0.5, 0.6) is 0 Å². The molecule has 0 aliphatic rings. The number of carboxylic acids is 1. The summed E-state index contributed by atoms with van der Waals surface area (Å²) in [5, 5.41) is 8.79. The van der Waals surface area contributed by atoms with E-state index >= 15 is 0 Å². The average Bonchev–Trinajstić information content (AvgIpc) is 2.39. The first-order chi connectivity index (χ1) is 10.5. The van der Waals surface area contributed by atoms with E-state index in [0.717, 1.165) is 6.26 Å². The van der Waals surface area contributed by atoms with Crippen LogP contribution in [-0.2, 0) is 14.8 Å². The quantitative estimate of drug-likeness (QED) is 0.785. The highest BCUT2D eigenvalue weighted by molar-refractivity contribution is 7.92. The number of carbonyl (C=O) groups excluding carboxylic acids is 1. The van der Waals surface area contributed by atoms with Crippen LogP contribution in [0.25, 0.3) is 0 Å². The molecule has 0 aromatic heterocycles. The minimum atomic E-state index is -3.45. The molecular formula is C15H22N2O5S. The molecule has 0 saturated carbocycles. The summed E-state index contributed by atoms with van der Waals surface area (Å²) < 4.78 is 25.1. The Morgan fingerprint density at radius 1 is 1.30 bits per heavy atom. The number of nitrogens with one attached hydrogen (secondary N) is 1. The molecule has 128 valence electrons. The molecule has 2 N–H and O–H groups in total. The van der Waals surface area contributed by atoms with Crippen LogP contribution in [0.1, 0.15) is 36.2 Å². The van der Waals surface area contributed by atoms with E-state index < -0.39 is 16.0 Å². The summed E-state index contributed by atoms with van der Waals surface area (Å²) in [6.07, 6.45) is 0.887. The van der Waals surface area contributed by atoms with E-state index in [0.29, 0.717) is 16.8 Å². The van der Waals surface area contributed by atoms with Gasteiger partial charge in [-0.15, -0.1) is 0 Å². The fourth-order valence-electron chi connectivity index (χ4n) is 2.04. The van der Waals surface area contributed by atoms with Crippen LogP contribution >= 0.6 is 0 Å². The van der Waals surface area contributed by atoms with Crippen molar-refractivity contribution in [3.8, 4) is 0 Å². The minimum absolute atomic E-state index is 0.0918. The maximum atomic E-state index is 12.6.